The average Bonchev–Trinajstić information content (AvgIpc) is 3.07. The zero-order valence-electron chi connectivity index (χ0n) is 19.8. The van der Waals surface area contributed by atoms with Gasteiger partial charge in [-0.2, -0.15) is 0 Å². The van der Waals surface area contributed by atoms with Gasteiger partial charge in [-0.05, 0) is 81.3 Å². The molecule has 4 aliphatic carbocycles. The van der Waals surface area contributed by atoms with Gasteiger partial charge in [0.2, 0.25) is 0 Å². The lowest BCUT2D eigenvalue weighted by molar-refractivity contribution is -0.384. The van der Waals surface area contributed by atoms with Gasteiger partial charge in [-0.1, -0.05) is 36.3 Å². The number of benzene rings is 1. The van der Waals surface area contributed by atoms with Crippen molar-refractivity contribution >= 4 is 11.5 Å². The zero-order valence-corrected chi connectivity index (χ0v) is 19.8. The normalized spacial score (nSPS) is 38.1. The van der Waals surface area contributed by atoms with Gasteiger partial charge in [-0.25, -0.2) is 0 Å². The number of carbonyl (C=O) groups is 1. The van der Waals surface area contributed by atoms with Crippen LogP contribution in [0.2, 0.25) is 0 Å². The van der Waals surface area contributed by atoms with Gasteiger partial charge in [0.25, 0.3) is 5.69 Å². The molecule has 0 bridgehead atoms. The number of carbonyl (C=O) groups excluding carboxylic acids is 1. The number of fused-ring (bicyclic) bond motifs is 5. The standard InChI is InChI=1S/C29H31NO4/c1-3-14-29(32)15-13-26-25-11-9-20-17-23(31)10-12-24(20)27(25)21(18-28(26,29)2)8-7-19-5-4-6-22(16-19)30(33)34/h4-6,16-17,21,24-27,32H,9-13,15,18H2,1-2H3/t21-,24-,25-,26-,27+,28-,29-/m0/s1. The lowest BCUT2D eigenvalue weighted by Gasteiger charge is -2.57. The van der Waals surface area contributed by atoms with E-state index in [2.05, 4.69) is 30.6 Å². The lowest BCUT2D eigenvalue weighted by atomic mass is 9.47. The number of rotatable bonds is 1. The van der Waals surface area contributed by atoms with Crippen LogP contribution in [0, 0.1) is 68.8 Å². The van der Waals surface area contributed by atoms with Crippen LogP contribution in [0.25, 0.3) is 0 Å². The first kappa shape index (κ1) is 22.9. The van der Waals surface area contributed by atoms with Gasteiger partial charge in [-0.3, -0.25) is 14.9 Å². The van der Waals surface area contributed by atoms with Crippen LogP contribution in [0.15, 0.2) is 35.9 Å². The molecule has 0 amide bonds. The summed E-state index contributed by atoms with van der Waals surface area (Å²) in [5, 5.41) is 22.9. The van der Waals surface area contributed by atoms with Crippen LogP contribution in [-0.4, -0.2) is 21.4 Å². The predicted octanol–water partition coefficient (Wildman–Crippen LogP) is 5.07. The van der Waals surface area contributed by atoms with Crippen LogP contribution < -0.4 is 0 Å². The number of nitro benzene ring substituents is 1. The summed E-state index contributed by atoms with van der Waals surface area (Å²) in [4.78, 5) is 23.0. The fourth-order valence-corrected chi connectivity index (χ4v) is 7.75. The van der Waals surface area contributed by atoms with Crippen LogP contribution in [0.4, 0.5) is 5.69 Å². The van der Waals surface area contributed by atoms with Crippen LogP contribution in [0.5, 0.6) is 0 Å². The van der Waals surface area contributed by atoms with Crippen molar-refractivity contribution in [3.05, 3.63) is 51.6 Å². The molecule has 0 radical (unpaired) electrons. The first-order valence-electron chi connectivity index (χ1n) is 12.4. The van der Waals surface area contributed by atoms with E-state index in [1.807, 2.05) is 12.1 Å². The molecule has 0 unspecified atom stereocenters. The Morgan fingerprint density at radius 1 is 1.21 bits per heavy atom. The maximum absolute atomic E-state index is 12.1. The molecule has 34 heavy (non-hydrogen) atoms. The van der Waals surface area contributed by atoms with Crippen molar-refractivity contribution < 1.29 is 14.8 Å². The van der Waals surface area contributed by atoms with Crippen molar-refractivity contribution in [1.82, 2.24) is 0 Å². The number of nitrogens with zero attached hydrogens (tertiary/aromatic N) is 1. The Hall–Kier alpha value is -2.89. The quantitative estimate of drug-likeness (QED) is 0.363. The molecule has 7 atom stereocenters. The third-order valence-electron chi connectivity index (χ3n) is 9.25. The smallest absolute Gasteiger partial charge is 0.270 e. The summed E-state index contributed by atoms with van der Waals surface area (Å²) in [6.07, 6.45) is 7.74. The summed E-state index contributed by atoms with van der Waals surface area (Å²) < 4.78 is 0. The highest BCUT2D eigenvalue weighted by Crippen LogP contribution is 2.66. The van der Waals surface area contributed by atoms with Crippen molar-refractivity contribution in [2.24, 2.45) is 35.0 Å². The number of nitro groups is 1. The Morgan fingerprint density at radius 3 is 2.79 bits per heavy atom. The molecular weight excluding hydrogens is 426 g/mol. The van der Waals surface area contributed by atoms with Gasteiger partial charge in [0, 0.05) is 35.4 Å². The maximum atomic E-state index is 12.1. The Morgan fingerprint density at radius 2 is 2.03 bits per heavy atom. The van der Waals surface area contributed by atoms with Crippen molar-refractivity contribution in [2.75, 3.05) is 0 Å². The van der Waals surface area contributed by atoms with E-state index in [1.165, 1.54) is 17.7 Å². The summed E-state index contributed by atoms with van der Waals surface area (Å²) >= 11 is 0. The van der Waals surface area contributed by atoms with Crippen molar-refractivity contribution in [3.63, 3.8) is 0 Å². The summed E-state index contributed by atoms with van der Waals surface area (Å²) in [5.41, 5.74) is 0.604. The molecule has 5 rings (SSSR count). The second kappa shape index (κ2) is 8.40. The van der Waals surface area contributed by atoms with Gasteiger partial charge < -0.3 is 5.11 Å². The SMILES string of the molecule is CC#C[C@]1(O)CC[C@H]2[C@@H]3CCC4=CC(=O)CC[C@@H]4[C@H]3[C@@H](C#Cc3cccc([N+](=O)[O-])c3)C[C@@]21C. The van der Waals surface area contributed by atoms with Crippen LogP contribution >= 0.6 is 0 Å². The third-order valence-corrected chi connectivity index (χ3v) is 9.25. The Kier molecular flexibility index (Phi) is 5.65. The molecular formula is C29H31NO4. The number of non-ortho nitro benzene ring substituents is 1. The van der Waals surface area contributed by atoms with E-state index in [9.17, 15) is 20.0 Å². The molecule has 5 nitrogen and oxygen atoms in total. The molecule has 176 valence electrons. The molecule has 3 fully saturated rings. The monoisotopic (exact) mass is 457 g/mol. The summed E-state index contributed by atoms with van der Waals surface area (Å²) in [6, 6.07) is 6.49. The highest BCUT2D eigenvalue weighted by molar-refractivity contribution is 5.91. The molecule has 4 aliphatic rings. The van der Waals surface area contributed by atoms with E-state index in [0.29, 0.717) is 42.1 Å². The van der Waals surface area contributed by atoms with Gasteiger partial charge in [0.1, 0.15) is 5.60 Å². The zero-order chi connectivity index (χ0) is 24.1. The third kappa shape index (κ3) is 3.58. The molecule has 0 heterocycles. The number of aliphatic hydroxyl groups is 1. The largest absolute Gasteiger partial charge is 0.377 e. The molecule has 1 aromatic carbocycles. The minimum absolute atomic E-state index is 0.0377. The molecule has 5 heteroatoms. The average molecular weight is 458 g/mol. The fraction of sp³-hybridized carbons (Fsp3) is 0.552. The molecule has 3 saturated carbocycles. The number of hydrogen-bond donors (Lipinski definition) is 1. The summed E-state index contributed by atoms with van der Waals surface area (Å²) in [7, 11) is 0. The second-order valence-corrected chi connectivity index (χ2v) is 10.8. The molecule has 0 aromatic heterocycles. The van der Waals surface area contributed by atoms with Crippen molar-refractivity contribution in [3.8, 4) is 23.7 Å². The molecule has 1 aromatic rings. The number of allylic oxidation sites excluding steroid dienone is 1. The van der Waals surface area contributed by atoms with Gasteiger partial charge in [-0.15, -0.1) is 5.92 Å². The Balaban J connectivity index is 1.57. The van der Waals surface area contributed by atoms with Gasteiger partial charge in [0.05, 0.1) is 4.92 Å². The van der Waals surface area contributed by atoms with Crippen LogP contribution in [0.3, 0.4) is 0 Å². The Labute approximate surface area is 201 Å². The molecule has 0 aliphatic heterocycles. The maximum Gasteiger partial charge on any atom is 0.270 e. The van der Waals surface area contributed by atoms with Gasteiger partial charge in [0.15, 0.2) is 5.78 Å². The first-order valence-corrected chi connectivity index (χ1v) is 12.4. The first-order chi connectivity index (χ1) is 16.3. The Bertz CT molecular complexity index is 1190. The van der Waals surface area contributed by atoms with E-state index in [4.69, 9.17) is 0 Å². The fourth-order valence-electron chi connectivity index (χ4n) is 7.75. The lowest BCUT2D eigenvalue weighted by Crippen LogP contribution is -2.55. The summed E-state index contributed by atoms with van der Waals surface area (Å²) in [6.45, 7) is 3.99. The number of ketones is 1. The second-order valence-electron chi connectivity index (χ2n) is 10.8. The van der Waals surface area contributed by atoms with E-state index >= 15 is 0 Å². The summed E-state index contributed by atoms with van der Waals surface area (Å²) in [5.74, 6) is 14.7. The van der Waals surface area contributed by atoms with Crippen molar-refractivity contribution in [1.29, 1.82) is 0 Å². The van der Waals surface area contributed by atoms with Gasteiger partial charge >= 0.3 is 0 Å². The molecule has 0 saturated heterocycles. The van der Waals surface area contributed by atoms with Crippen LogP contribution in [0.1, 0.15) is 64.4 Å². The highest BCUT2D eigenvalue weighted by Gasteiger charge is 2.64. The van der Waals surface area contributed by atoms with Crippen LogP contribution in [-0.2, 0) is 4.79 Å². The topological polar surface area (TPSA) is 80.4 Å². The predicted molar refractivity (Wildman–Crippen MR) is 129 cm³/mol. The van der Waals surface area contributed by atoms with E-state index in [-0.39, 0.29) is 22.8 Å². The highest BCUT2D eigenvalue weighted by atomic mass is 16.6. The van der Waals surface area contributed by atoms with E-state index in [0.717, 1.165) is 32.1 Å². The van der Waals surface area contributed by atoms with E-state index < -0.39 is 10.5 Å². The van der Waals surface area contributed by atoms with E-state index in [1.54, 1.807) is 13.0 Å². The molecule has 1 N–H and O–H groups in total. The minimum atomic E-state index is -1.01. The minimum Gasteiger partial charge on any atom is -0.377 e. The number of hydrogen-bond acceptors (Lipinski definition) is 4. The molecule has 0 spiro atoms. The van der Waals surface area contributed by atoms with Crippen molar-refractivity contribution in [2.45, 2.75) is 64.4 Å².